The number of aliphatic hydroxyl groups is 4. The van der Waals surface area contributed by atoms with E-state index >= 15 is 0 Å². The Morgan fingerprint density at radius 2 is 0.438 bits per heavy atom. The first-order chi connectivity index (χ1) is 38.5. The zero-order valence-electron chi connectivity index (χ0n) is 42.0. The molecule has 0 fully saturated rings. The molecule has 0 heterocycles. The van der Waals surface area contributed by atoms with Crippen LogP contribution >= 0.6 is 63.7 Å². The minimum absolute atomic E-state index is 0.0354. The van der Waals surface area contributed by atoms with Crippen molar-refractivity contribution in [2.24, 2.45) is 0 Å². The number of hydrogen-bond donors (Lipinski definition) is 12. The number of phenolic OH excluding ortho intramolecular Hbond substituents is 8. The molecule has 1 aliphatic rings. The number of ether oxygens (including phenoxy) is 4. The van der Waals surface area contributed by atoms with Crippen molar-refractivity contribution in [3.05, 3.63) is 206 Å². The van der Waals surface area contributed by atoms with Gasteiger partial charge in [0.1, 0.15) is 95.4 Å². The van der Waals surface area contributed by atoms with Gasteiger partial charge in [-0.15, -0.1) is 0 Å². The molecule has 0 saturated carbocycles. The van der Waals surface area contributed by atoms with E-state index in [9.17, 15) is 61.3 Å². The van der Waals surface area contributed by atoms with Gasteiger partial charge in [0, 0.05) is 92.4 Å². The normalized spacial score (nSPS) is 15.8. The molecule has 12 N–H and O–H groups in total. The van der Waals surface area contributed by atoms with Gasteiger partial charge >= 0.3 is 0 Å². The zero-order valence-corrected chi connectivity index (χ0v) is 48.4. The van der Waals surface area contributed by atoms with Gasteiger partial charge < -0.3 is 80.2 Å². The third kappa shape index (κ3) is 11.7. The number of aliphatic hydroxyl groups excluding tert-OH is 4. The Bertz CT molecular complexity index is 3040. The van der Waals surface area contributed by atoms with Crippen molar-refractivity contribution in [3.63, 3.8) is 0 Å². The highest BCUT2D eigenvalue weighted by Gasteiger charge is 2.36. The Labute approximate surface area is 492 Å². The summed E-state index contributed by atoms with van der Waals surface area (Å²) in [4.78, 5) is 0. The van der Waals surface area contributed by atoms with Crippen molar-refractivity contribution < 1.29 is 80.2 Å². The quantitative estimate of drug-likeness (QED) is 0.0428. The molecule has 1 aliphatic carbocycles. The molecule has 20 heteroatoms. The third-order valence-electron chi connectivity index (χ3n) is 13.7. The molecule has 8 aromatic rings. The van der Waals surface area contributed by atoms with Gasteiger partial charge in [0.05, 0.1) is 44.3 Å². The van der Waals surface area contributed by atoms with Crippen molar-refractivity contribution in [1.82, 2.24) is 0 Å². The van der Waals surface area contributed by atoms with E-state index in [-0.39, 0.29) is 97.4 Å². The van der Waals surface area contributed by atoms with Crippen LogP contribution in [0.2, 0.25) is 0 Å². The topological polar surface area (TPSA) is 280 Å². The van der Waals surface area contributed by atoms with E-state index in [1.165, 1.54) is 24.3 Å². The van der Waals surface area contributed by atoms with Gasteiger partial charge in [-0.2, -0.15) is 0 Å². The molecule has 8 bridgehead atoms. The van der Waals surface area contributed by atoms with E-state index in [1.807, 2.05) is 0 Å². The van der Waals surface area contributed by atoms with E-state index in [2.05, 4.69) is 63.7 Å². The average Bonchev–Trinajstić information content (AvgIpc) is 3.42. The smallest absolute Gasteiger partial charge is 0.133 e. The van der Waals surface area contributed by atoms with Crippen LogP contribution < -0.4 is 18.9 Å². The molecule has 0 unspecified atom stereocenters. The van der Waals surface area contributed by atoms with E-state index in [1.54, 1.807) is 72.8 Å². The van der Waals surface area contributed by atoms with Gasteiger partial charge in [-0.05, 0) is 159 Å². The fourth-order valence-electron chi connectivity index (χ4n) is 10.3. The molecule has 0 aliphatic heterocycles. The van der Waals surface area contributed by atoms with E-state index in [0.717, 1.165) is 24.3 Å². The summed E-state index contributed by atoms with van der Waals surface area (Å²) in [7, 11) is 0. The van der Waals surface area contributed by atoms with Crippen molar-refractivity contribution in [2.75, 3.05) is 52.9 Å². The minimum Gasteiger partial charge on any atom is -0.507 e. The number of halogens is 4. The first-order valence-electron chi connectivity index (χ1n) is 24.8. The minimum atomic E-state index is -1.19. The zero-order chi connectivity index (χ0) is 57.1. The maximum absolute atomic E-state index is 12.3. The fraction of sp³-hybridized carbons (Fsp3) is 0.200. The van der Waals surface area contributed by atoms with Crippen molar-refractivity contribution in [1.29, 1.82) is 0 Å². The standard InChI is InChI=1S/C60H52Br4O16/c61-41-17-29(1-5-53(41)77-13-9-65)57-33-21-35(47(71)25-45(33)69)58(30-2-6-54(42(62)18-30)78-14-10-66)37-23-39(51(75)27-49(37)73)60(32-4-8-56(44(64)20-32)80-16-12-68)40-24-38(50(74)28-52(40)76)59(36-22-34(57)46(70)26-48(36)72)31-3-7-55(43(63)19-31)79-15-11-67/h1-8,17-28,57-60,65-76H,9-16H2. The highest BCUT2D eigenvalue weighted by Crippen LogP contribution is 2.55. The fourth-order valence-corrected chi connectivity index (χ4v) is 12.3. The summed E-state index contributed by atoms with van der Waals surface area (Å²) < 4.78 is 24.8. The summed E-state index contributed by atoms with van der Waals surface area (Å²) in [5.74, 6) is -6.87. The third-order valence-corrected chi connectivity index (χ3v) is 16.2. The monoisotopic (exact) mass is 1340 g/mol. The lowest BCUT2D eigenvalue weighted by Crippen LogP contribution is -2.13. The van der Waals surface area contributed by atoms with Crippen molar-refractivity contribution in [3.8, 4) is 69.0 Å². The summed E-state index contributed by atoms with van der Waals surface area (Å²) in [6, 6.07) is 30.6. The lowest BCUT2D eigenvalue weighted by Gasteiger charge is -2.30. The van der Waals surface area contributed by atoms with Crippen LogP contribution in [0, 0.1) is 0 Å². The van der Waals surface area contributed by atoms with Gasteiger partial charge in [0.25, 0.3) is 0 Å². The molecule has 0 radical (unpaired) electrons. The molecule has 416 valence electrons. The average molecular weight is 1350 g/mol. The second-order valence-corrected chi connectivity index (χ2v) is 22.1. The summed E-state index contributed by atoms with van der Waals surface area (Å²) in [5, 5.41) is 137. The Hall–Kier alpha value is -6.88. The Kier molecular flexibility index (Phi) is 18.0. The van der Waals surface area contributed by atoms with Gasteiger partial charge in [-0.25, -0.2) is 0 Å². The van der Waals surface area contributed by atoms with Crippen LogP contribution in [0.4, 0.5) is 0 Å². The number of benzene rings is 8. The highest BCUT2D eigenvalue weighted by atomic mass is 79.9. The summed E-state index contributed by atoms with van der Waals surface area (Å²) >= 11 is 14.4. The number of fused-ring (bicyclic) bond motifs is 8. The van der Waals surface area contributed by atoms with Crippen LogP contribution in [0.25, 0.3) is 0 Å². The molecule has 9 rings (SSSR count). The summed E-state index contributed by atoms with van der Waals surface area (Å²) in [6.45, 7) is -1.25. The lowest BCUT2D eigenvalue weighted by atomic mass is 9.75. The second kappa shape index (κ2) is 24.9. The van der Waals surface area contributed by atoms with Crippen molar-refractivity contribution >= 4 is 63.7 Å². The Morgan fingerprint density at radius 3 is 0.588 bits per heavy atom. The molecule has 0 saturated heterocycles. The molecule has 0 amide bonds. The highest BCUT2D eigenvalue weighted by molar-refractivity contribution is 9.11. The van der Waals surface area contributed by atoms with Gasteiger partial charge in [-0.3, -0.25) is 0 Å². The van der Waals surface area contributed by atoms with Crippen LogP contribution in [0.1, 0.15) is 90.4 Å². The van der Waals surface area contributed by atoms with Crippen molar-refractivity contribution in [2.45, 2.75) is 23.7 Å². The van der Waals surface area contributed by atoms with Crippen LogP contribution in [0.15, 0.2) is 139 Å². The number of aromatic hydroxyl groups is 8. The summed E-state index contributed by atoms with van der Waals surface area (Å²) in [6.07, 6.45) is 0. The van der Waals surface area contributed by atoms with E-state index in [4.69, 9.17) is 18.9 Å². The largest absolute Gasteiger partial charge is 0.507 e. The molecular formula is C60H52Br4O16. The Morgan fingerprint density at radius 1 is 0.263 bits per heavy atom. The van der Waals surface area contributed by atoms with Gasteiger partial charge in [0.15, 0.2) is 0 Å². The van der Waals surface area contributed by atoms with Crippen LogP contribution in [-0.4, -0.2) is 114 Å². The molecule has 0 aromatic heterocycles. The van der Waals surface area contributed by atoms with Gasteiger partial charge in [-0.1, -0.05) is 24.3 Å². The molecule has 16 nitrogen and oxygen atoms in total. The lowest BCUT2D eigenvalue weighted by molar-refractivity contribution is 0.200. The second-order valence-electron chi connectivity index (χ2n) is 18.7. The van der Waals surface area contributed by atoms with Crippen LogP contribution in [-0.2, 0) is 0 Å². The number of rotatable bonds is 16. The number of hydrogen-bond acceptors (Lipinski definition) is 16. The Balaban J connectivity index is 1.45. The molecule has 8 aromatic carbocycles. The van der Waals surface area contributed by atoms with Crippen LogP contribution in [0.5, 0.6) is 69.0 Å². The number of phenols is 8. The van der Waals surface area contributed by atoms with E-state index < -0.39 is 69.7 Å². The maximum atomic E-state index is 12.3. The molecule has 0 atom stereocenters. The predicted molar refractivity (Wildman–Crippen MR) is 310 cm³/mol. The van der Waals surface area contributed by atoms with Gasteiger partial charge in [0.2, 0.25) is 0 Å². The first kappa shape index (κ1) is 57.8. The molecule has 0 spiro atoms. The van der Waals surface area contributed by atoms with Crippen LogP contribution in [0.3, 0.4) is 0 Å². The SMILES string of the molecule is OCCOc1ccc(C2c3cc(c(O)cc3O)C(c3ccc(OCCO)c(Br)c3)c3cc(c(O)cc3O)C(c3ccc(OCCO)c(Br)c3)c3cc(c(O)cc3O)C(c3ccc(OCCO)c(Br)c3)c3cc2c(O)cc3O)cc1Br. The molecule has 80 heavy (non-hydrogen) atoms. The van der Waals surface area contributed by atoms with E-state index in [0.29, 0.717) is 63.1 Å². The maximum Gasteiger partial charge on any atom is 0.133 e. The first-order valence-corrected chi connectivity index (χ1v) is 28.0. The predicted octanol–water partition coefficient (Wildman–Crippen LogP) is 10.9. The molecular weight excluding hydrogens is 1300 g/mol. The summed E-state index contributed by atoms with van der Waals surface area (Å²) in [5.41, 5.74) is 2.51.